The third kappa shape index (κ3) is 3.94. The molecule has 0 atom stereocenters. The number of aromatic carboxylic acids is 1. The van der Waals surface area contributed by atoms with Crippen molar-refractivity contribution in [3.05, 3.63) is 61.9 Å². The van der Waals surface area contributed by atoms with Crippen molar-refractivity contribution in [2.45, 2.75) is 40.2 Å². The summed E-state index contributed by atoms with van der Waals surface area (Å²) in [6.07, 6.45) is 0. The monoisotopic (exact) mass is 359 g/mol. The Morgan fingerprint density at radius 2 is 1.73 bits per heavy atom. The predicted octanol–water partition coefficient (Wildman–Crippen LogP) is 2.19. The Balaban J connectivity index is 2.65. The lowest BCUT2D eigenvalue weighted by molar-refractivity contribution is 0.0686. The van der Waals surface area contributed by atoms with Gasteiger partial charge in [0.05, 0.1) is 11.3 Å². The topological polar surface area (TPSA) is 95.4 Å². The minimum Gasteiger partial charge on any atom is -0.477 e. The van der Waals surface area contributed by atoms with Gasteiger partial charge in [0.1, 0.15) is 5.69 Å². The smallest absolute Gasteiger partial charge is 0.352 e. The molecule has 0 saturated carbocycles. The third-order valence-corrected chi connectivity index (χ3v) is 4.51. The van der Waals surface area contributed by atoms with E-state index in [9.17, 15) is 19.5 Å². The van der Waals surface area contributed by atoms with Crippen LogP contribution in [0.3, 0.4) is 0 Å². The third-order valence-electron chi connectivity index (χ3n) is 4.51. The highest BCUT2D eigenvalue weighted by molar-refractivity contribution is 5.86. The lowest BCUT2D eigenvalue weighted by Crippen LogP contribution is -2.40. The maximum absolute atomic E-state index is 13.0. The molecule has 0 fully saturated rings. The van der Waals surface area contributed by atoms with Gasteiger partial charge in [-0.3, -0.25) is 9.69 Å². The molecule has 1 aromatic carbocycles. The van der Waals surface area contributed by atoms with Gasteiger partial charge in [-0.05, 0) is 36.7 Å². The standard InChI is InChI=1S/C19H25N3O4/c1-5-21(6-2)11-15-16(18(24)25)20-19(26)22(17(15)23)14-9-7-13(8-10-14)12(3)4/h7-10,12H,5-6,11H2,1-4H3,(H,20,26)(H,24,25). The summed E-state index contributed by atoms with van der Waals surface area (Å²) in [4.78, 5) is 41.1. The van der Waals surface area contributed by atoms with Crippen molar-refractivity contribution >= 4 is 5.97 Å². The first-order chi connectivity index (χ1) is 12.3. The zero-order chi connectivity index (χ0) is 19.4. The van der Waals surface area contributed by atoms with Crippen LogP contribution in [0, 0.1) is 0 Å². The summed E-state index contributed by atoms with van der Waals surface area (Å²) in [7, 11) is 0. The minimum atomic E-state index is -1.32. The van der Waals surface area contributed by atoms with Gasteiger partial charge in [0, 0.05) is 6.54 Å². The molecule has 1 heterocycles. The van der Waals surface area contributed by atoms with Crippen LogP contribution in [0.25, 0.3) is 5.69 Å². The summed E-state index contributed by atoms with van der Waals surface area (Å²) in [6.45, 7) is 9.45. The van der Waals surface area contributed by atoms with E-state index in [-0.39, 0.29) is 17.8 Å². The lowest BCUT2D eigenvalue weighted by atomic mass is 10.0. The van der Waals surface area contributed by atoms with Crippen LogP contribution in [0.4, 0.5) is 0 Å². The second-order valence-electron chi connectivity index (χ2n) is 6.44. The number of nitrogens with zero attached hydrogens (tertiary/aromatic N) is 2. The maximum Gasteiger partial charge on any atom is 0.352 e. The number of carboxylic acid groups (broad SMARTS) is 1. The van der Waals surface area contributed by atoms with Gasteiger partial charge in [-0.15, -0.1) is 0 Å². The van der Waals surface area contributed by atoms with Crippen molar-refractivity contribution in [1.82, 2.24) is 14.5 Å². The quantitative estimate of drug-likeness (QED) is 0.790. The Morgan fingerprint density at radius 3 is 2.19 bits per heavy atom. The summed E-state index contributed by atoms with van der Waals surface area (Å²) >= 11 is 0. The number of aromatic amines is 1. The number of rotatable bonds is 7. The number of hydrogen-bond acceptors (Lipinski definition) is 4. The Kier molecular flexibility index (Phi) is 6.15. The number of hydrogen-bond donors (Lipinski definition) is 2. The Labute approximate surface area is 151 Å². The van der Waals surface area contributed by atoms with Crippen LogP contribution >= 0.6 is 0 Å². The first-order valence-corrected chi connectivity index (χ1v) is 8.74. The molecule has 2 rings (SSSR count). The number of H-pyrrole nitrogens is 1. The zero-order valence-electron chi connectivity index (χ0n) is 15.6. The summed E-state index contributed by atoms with van der Waals surface area (Å²) in [5, 5.41) is 9.39. The molecule has 2 N–H and O–H groups in total. The van der Waals surface area contributed by atoms with E-state index >= 15 is 0 Å². The van der Waals surface area contributed by atoms with Crippen LogP contribution in [-0.2, 0) is 6.54 Å². The molecule has 0 aliphatic heterocycles. The molecule has 140 valence electrons. The van der Waals surface area contributed by atoms with Gasteiger partial charge in [-0.25, -0.2) is 14.2 Å². The lowest BCUT2D eigenvalue weighted by Gasteiger charge is -2.19. The van der Waals surface area contributed by atoms with Crippen LogP contribution in [0.1, 0.15) is 55.2 Å². The molecule has 0 radical (unpaired) electrons. The van der Waals surface area contributed by atoms with E-state index in [0.717, 1.165) is 10.1 Å². The van der Waals surface area contributed by atoms with Crippen molar-refractivity contribution in [3.63, 3.8) is 0 Å². The maximum atomic E-state index is 13.0. The van der Waals surface area contributed by atoms with Crippen molar-refractivity contribution in [2.24, 2.45) is 0 Å². The number of carboxylic acids is 1. The molecule has 2 aromatic rings. The predicted molar refractivity (Wildman–Crippen MR) is 100 cm³/mol. The van der Waals surface area contributed by atoms with Gasteiger partial charge in [0.25, 0.3) is 5.56 Å². The Hall–Kier alpha value is -2.67. The van der Waals surface area contributed by atoms with Crippen LogP contribution < -0.4 is 11.2 Å². The largest absolute Gasteiger partial charge is 0.477 e. The van der Waals surface area contributed by atoms with E-state index in [1.165, 1.54) is 0 Å². The summed E-state index contributed by atoms with van der Waals surface area (Å²) in [5.41, 5.74) is -0.124. The highest BCUT2D eigenvalue weighted by atomic mass is 16.4. The number of nitrogens with one attached hydrogen (secondary N) is 1. The molecule has 7 heteroatoms. The fourth-order valence-corrected chi connectivity index (χ4v) is 2.82. The highest BCUT2D eigenvalue weighted by Crippen LogP contribution is 2.16. The molecule has 0 bridgehead atoms. The van der Waals surface area contributed by atoms with Crippen LogP contribution in [0.15, 0.2) is 33.9 Å². The fourth-order valence-electron chi connectivity index (χ4n) is 2.82. The van der Waals surface area contributed by atoms with E-state index in [1.807, 2.05) is 30.9 Å². The summed E-state index contributed by atoms with van der Waals surface area (Å²) < 4.78 is 0.995. The molecule has 0 unspecified atom stereocenters. The Bertz CT molecular complexity index is 890. The average Bonchev–Trinajstić information content (AvgIpc) is 2.61. The van der Waals surface area contributed by atoms with Gasteiger partial charge < -0.3 is 10.1 Å². The average molecular weight is 359 g/mol. The molecular formula is C19H25N3O4. The number of carbonyl (C=O) groups is 1. The Morgan fingerprint density at radius 1 is 1.15 bits per heavy atom. The van der Waals surface area contributed by atoms with Crippen LogP contribution in [0.5, 0.6) is 0 Å². The minimum absolute atomic E-state index is 0.0775. The first-order valence-electron chi connectivity index (χ1n) is 8.74. The molecule has 1 aromatic heterocycles. The SMILES string of the molecule is CCN(CC)Cc1c(C(=O)O)[nH]c(=O)n(-c2ccc(C(C)C)cc2)c1=O. The van der Waals surface area contributed by atoms with E-state index in [1.54, 1.807) is 12.1 Å². The van der Waals surface area contributed by atoms with Crippen LogP contribution in [-0.4, -0.2) is 38.6 Å². The van der Waals surface area contributed by atoms with E-state index < -0.39 is 17.2 Å². The van der Waals surface area contributed by atoms with E-state index in [4.69, 9.17) is 0 Å². The van der Waals surface area contributed by atoms with Gasteiger partial charge in [-0.2, -0.15) is 0 Å². The summed E-state index contributed by atoms with van der Waals surface area (Å²) in [6, 6.07) is 7.13. The molecule has 7 nitrogen and oxygen atoms in total. The van der Waals surface area contributed by atoms with Gasteiger partial charge >= 0.3 is 11.7 Å². The second kappa shape index (κ2) is 8.14. The second-order valence-corrected chi connectivity index (χ2v) is 6.44. The number of benzene rings is 1. The van der Waals surface area contributed by atoms with E-state index in [2.05, 4.69) is 18.8 Å². The van der Waals surface area contributed by atoms with Gasteiger partial charge in [0.2, 0.25) is 0 Å². The normalized spacial score (nSPS) is 11.3. The summed E-state index contributed by atoms with van der Waals surface area (Å²) in [5.74, 6) is -0.990. The molecule has 0 aliphatic carbocycles. The van der Waals surface area contributed by atoms with Gasteiger partial charge in [0.15, 0.2) is 0 Å². The van der Waals surface area contributed by atoms with Gasteiger partial charge in [-0.1, -0.05) is 39.8 Å². The fraction of sp³-hybridized carbons (Fsp3) is 0.421. The zero-order valence-corrected chi connectivity index (χ0v) is 15.6. The van der Waals surface area contributed by atoms with Crippen molar-refractivity contribution in [3.8, 4) is 5.69 Å². The van der Waals surface area contributed by atoms with Crippen molar-refractivity contribution < 1.29 is 9.90 Å². The molecule has 0 amide bonds. The van der Waals surface area contributed by atoms with Crippen molar-refractivity contribution in [2.75, 3.05) is 13.1 Å². The molecular weight excluding hydrogens is 334 g/mol. The van der Waals surface area contributed by atoms with Crippen molar-refractivity contribution in [1.29, 1.82) is 0 Å². The molecule has 0 saturated heterocycles. The highest BCUT2D eigenvalue weighted by Gasteiger charge is 2.21. The molecule has 0 aliphatic rings. The van der Waals surface area contributed by atoms with Crippen LogP contribution in [0.2, 0.25) is 0 Å². The molecule has 0 spiro atoms. The molecule has 26 heavy (non-hydrogen) atoms. The van der Waals surface area contributed by atoms with E-state index in [0.29, 0.717) is 24.7 Å². The first kappa shape index (κ1) is 19.7. The number of aromatic nitrogens is 2.